The Morgan fingerprint density at radius 2 is 2.10 bits per heavy atom. The quantitative estimate of drug-likeness (QED) is 0.808. The summed E-state index contributed by atoms with van der Waals surface area (Å²) >= 11 is 0. The summed E-state index contributed by atoms with van der Waals surface area (Å²) in [5.74, 6) is 0.750. The predicted molar refractivity (Wildman–Crippen MR) is 79.0 cm³/mol. The maximum absolute atomic E-state index is 9.08. The van der Waals surface area contributed by atoms with E-state index < -0.39 is 0 Å². The lowest BCUT2D eigenvalue weighted by molar-refractivity contribution is 0.0347. The summed E-state index contributed by atoms with van der Waals surface area (Å²) < 4.78 is 11.0. The fourth-order valence-electron chi connectivity index (χ4n) is 2.54. The average Bonchev–Trinajstić information content (AvgIpc) is 2.52. The van der Waals surface area contributed by atoms with Crippen LogP contribution < -0.4 is 10.1 Å². The van der Waals surface area contributed by atoms with Gasteiger partial charge in [-0.05, 0) is 25.0 Å². The Kier molecular flexibility index (Phi) is 5.69. The van der Waals surface area contributed by atoms with Gasteiger partial charge in [0.15, 0.2) is 0 Å². The molecule has 20 heavy (non-hydrogen) atoms. The standard InChI is InChI=1S/C16H22N2O2/c1-19-15-8-7-13(12-17)16(11-15)18-9-10-20-14-5-3-2-4-6-14/h7-8,11,14,18H,2-6,9-10H2,1H3. The number of nitriles is 1. The van der Waals surface area contributed by atoms with Crippen molar-refractivity contribution in [1.82, 2.24) is 0 Å². The summed E-state index contributed by atoms with van der Waals surface area (Å²) in [4.78, 5) is 0. The third-order valence-corrected chi connectivity index (χ3v) is 3.67. The van der Waals surface area contributed by atoms with Gasteiger partial charge in [-0.2, -0.15) is 5.26 Å². The first-order valence-electron chi connectivity index (χ1n) is 7.27. The molecule has 1 aromatic rings. The van der Waals surface area contributed by atoms with Crippen molar-refractivity contribution in [2.45, 2.75) is 38.2 Å². The molecule has 1 aromatic carbocycles. The van der Waals surface area contributed by atoms with E-state index in [4.69, 9.17) is 14.7 Å². The minimum Gasteiger partial charge on any atom is -0.497 e. The molecule has 1 aliphatic rings. The molecule has 1 fully saturated rings. The molecule has 0 bridgehead atoms. The zero-order chi connectivity index (χ0) is 14.2. The third-order valence-electron chi connectivity index (χ3n) is 3.67. The molecule has 1 aliphatic carbocycles. The van der Waals surface area contributed by atoms with E-state index in [1.165, 1.54) is 32.1 Å². The first kappa shape index (κ1) is 14.7. The lowest BCUT2D eigenvalue weighted by Gasteiger charge is -2.22. The molecule has 0 amide bonds. The van der Waals surface area contributed by atoms with Gasteiger partial charge in [0.1, 0.15) is 11.8 Å². The number of nitrogens with one attached hydrogen (secondary N) is 1. The second-order valence-corrected chi connectivity index (χ2v) is 5.08. The van der Waals surface area contributed by atoms with Crippen LogP contribution in [0.5, 0.6) is 5.75 Å². The molecular weight excluding hydrogens is 252 g/mol. The molecule has 0 heterocycles. The number of hydrogen-bond donors (Lipinski definition) is 1. The van der Waals surface area contributed by atoms with Crippen LogP contribution in [0.1, 0.15) is 37.7 Å². The van der Waals surface area contributed by atoms with Crippen LogP contribution in [0.15, 0.2) is 18.2 Å². The van der Waals surface area contributed by atoms with Gasteiger partial charge in [0.05, 0.1) is 31.1 Å². The lowest BCUT2D eigenvalue weighted by atomic mass is 9.98. The normalized spacial score (nSPS) is 15.6. The Bertz CT molecular complexity index is 462. The van der Waals surface area contributed by atoms with Crippen molar-refractivity contribution in [1.29, 1.82) is 5.26 Å². The number of benzene rings is 1. The molecule has 0 radical (unpaired) electrons. The highest BCUT2D eigenvalue weighted by Crippen LogP contribution is 2.22. The van der Waals surface area contributed by atoms with Gasteiger partial charge in [0.2, 0.25) is 0 Å². The van der Waals surface area contributed by atoms with Crippen LogP contribution in [-0.2, 0) is 4.74 Å². The van der Waals surface area contributed by atoms with Gasteiger partial charge in [0, 0.05) is 12.6 Å². The molecule has 2 rings (SSSR count). The Morgan fingerprint density at radius 1 is 1.30 bits per heavy atom. The molecular formula is C16H22N2O2. The number of nitrogens with zero attached hydrogens (tertiary/aromatic N) is 1. The summed E-state index contributed by atoms with van der Waals surface area (Å²) in [5, 5.41) is 12.3. The fraction of sp³-hybridized carbons (Fsp3) is 0.562. The van der Waals surface area contributed by atoms with E-state index in [9.17, 15) is 0 Å². The van der Waals surface area contributed by atoms with Gasteiger partial charge in [0.25, 0.3) is 0 Å². The molecule has 0 spiro atoms. The Balaban J connectivity index is 1.79. The zero-order valence-corrected chi connectivity index (χ0v) is 12.0. The van der Waals surface area contributed by atoms with Crippen LogP contribution in [0.2, 0.25) is 0 Å². The molecule has 108 valence electrons. The van der Waals surface area contributed by atoms with Crippen molar-refractivity contribution in [2.24, 2.45) is 0 Å². The van der Waals surface area contributed by atoms with E-state index in [1.807, 2.05) is 6.07 Å². The highest BCUT2D eigenvalue weighted by molar-refractivity contribution is 5.60. The minimum absolute atomic E-state index is 0.422. The van der Waals surface area contributed by atoms with Crippen molar-refractivity contribution in [3.05, 3.63) is 23.8 Å². The summed E-state index contributed by atoms with van der Waals surface area (Å²) in [6.45, 7) is 1.38. The number of ether oxygens (including phenoxy) is 2. The summed E-state index contributed by atoms with van der Waals surface area (Å²) in [5.41, 5.74) is 1.43. The Labute approximate surface area is 120 Å². The molecule has 1 N–H and O–H groups in total. The van der Waals surface area contributed by atoms with Crippen LogP contribution in [0, 0.1) is 11.3 Å². The number of hydrogen-bond acceptors (Lipinski definition) is 4. The van der Waals surface area contributed by atoms with E-state index in [0.29, 0.717) is 24.8 Å². The van der Waals surface area contributed by atoms with Crippen molar-refractivity contribution in [3.8, 4) is 11.8 Å². The topological polar surface area (TPSA) is 54.3 Å². The molecule has 0 aromatic heterocycles. The molecule has 4 nitrogen and oxygen atoms in total. The van der Waals surface area contributed by atoms with Gasteiger partial charge in [-0.1, -0.05) is 19.3 Å². The molecule has 0 aliphatic heterocycles. The zero-order valence-electron chi connectivity index (χ0n) is 12.0. The predicted octanol–water partition coefficient (Wildman–Crippen LogP) is 3.33. The van der Waals surface area contributed by atoms with Crippen molar-refractivity contribution >= 4 is 5.69 Å². The maximum atomic E-state index is 9.08. The van der Waals surface area contributed by atoms with Crippen LogP contribution in [0.4, 0.5) is 5.69 Å². The van der Waals surface area contributed by atoms with Gasteiger partial charge in [-0.15, -0.1) is 0 Å². The second kappa shape index (κ2) is 7.76. The summed E-state index contributed by atoms with van der Waals surface area (Å²) in [6.07, 6.45) is 6.70. The minimum atomic E-state index is 0.422. The van der Waals surface area contributed by atoms with E-state index >= 15 is 0 Å². The Hall–Kier alpha value is -1.73. The lowest BCUT2D eigenvalue weighted by Crippen LogP contribution is -2.20. The SMILES string of the molecule is COc1ccc(C#N)c(NCCOC2CCCCC2)c1. The van der Waals surface area contributed by atoms with Gasteiger partial charge < -0.3 is 14.8 Å². The van der Waals surface area contributed by atoms with Crippen molar-refractivity contribution in [3.63, 3.8) is 0 Å². The second-order valence-electron chi connectivity index (χ2n) is 5.08. The fourth-order valence-corrected chi connectivity index (χ4v) is 2.54. The van der Waals surface area contributed by atoms with E-state index in [2.05, 4.69) is 11.4 Å². The molecule has 0 saturated heterocycles. The van der Waals surface area contributed by atoms with Crippen molar-refractivity contribution < 1.29 is 9.47 Å². The number of methoxy groups -OCH3 is 1. The van der Waals surface area contributed by atoms with Crippen LogP contribution in [0.3, 0.4) is 0 Å². The molecule has 4 heteroatoms. The highest BCUT2D eigenvalue weighted by Gasteiger charge is 2.13. The van der Waals surface area contributed by atoms with Gasteiger partial charge >= 0.3 is 0 Å². The number of anilines is 1. The average molecular weight is 274 g/mol. The van der Waals surface area contributed by atoms with E-state index in [-0.39, 0.29) is 0 Å². The molecule has 0 unspecified atom stereocenters. The van der Waals surface area contributed by atoms with Crippen LogP contribution in [-0.4, -0.2) is 26.4 Å². The van der Waals surface area contributed by atoms with Crippen LogP contribution >= 0.6 is 0 Å². The third kappa shape index (κ3) is 4.14. The molecule has 0 atom stereocenters. The van der Waals surface area contributed by atoms with Crippen LogP contribution in [0.25, 0.3) is 0 Å². The number of rotatable bonds is 6. The monoisotopic (exact) mass is 274 g/mol. The summed E-state index contributed by atoms with van der Waals surface area (Å²) in [6, 6.07) is 7.59. The first-order chi connectivity index (χ1) is 9.83. The van der Waals surface area contributed by atoms with E-state index in [0.717, 1.165) is 11.4 Å². The highest BCUT2D eigenvalue weighted by atomic mass is 16.5. The van der Waals surface area contributed by atoms with Gasteiger partial charge in [-0.25, -0.2) is 0 Å². The molecule has 1 saturated carbocycles. The summed E-state index contributed by atoms with van der Waals surface area (Å²) in [7, 11) is 1.62. The largest absolute Gasteiger partial charge is 0.497 e. The Morgan fingerprint density at radius 3 is 2.80 bits per heavy atom. The van der Waals surface area contributed by atoms with E-state index in [1.54, 1.807) is 19.2 Å². The smallest absolute Gasteiger partial charge is 0.121 e. The van der Waals surface area contributed by atoms with Crippen molar-refractivity contribution in [2.75, 3.05) is 25.6 Å². The first-order valence-corrected chi connectivity index (χ1v) is 7.27. The van der Waals surface area contributed by atoms with Gasteiger partial charge in [-0.3, -0.25) is 0 Å². The maximum Gasteiger partial charge on any atom is 0.121 e.